The van der Waals surface area contributed by atoms with Gasteiger partial charge in [-0.15, -0.1) is 0 Å². The molecular formula is C27H39ClN8O. The van der Waals surface area contributed by atoms with Gasteiger partial charge in [0, 0.05) is 66.5 Å². The smallest absolute Gasteiger partial charge is 0.230 e. The van der Waals surface area contributed by atoms with E-state index in [1.807, 2.05) is 32.2 Å². The standard InChI is InChI=1S/C27H39ClN8O/c1-17(2)20-15-31-36-24(20)32-26(34-12-9-19(29)10-13-34)33-25(36)30-14-21-22(28)6-5-7-23(21)35-11-8-18(16-35)27(3,4)37/h5-7,15,17-19,37H,8-14,16,29H2,1-4H3,(H,30,32,33). The average Bonchev–Trinajstić information content (AvgIpc) is 3.51. The van der Waals surface area contributed by atoms with Crippen LogP contribution in [0.15, 0.2) is 24.4 Å². The minimum atomic E-state index is -0.707. The second kappa shape index (κ2) is 10.3. The number of aliphatic hydroxyl groups is 1. The van der Waals surface area contributed by atoms with Crippen LogP contribution in [0.1, 0.15) is 64.0 Å². The lowest BCUT2D eigenvalue weighted by molar-refractivity contribution is 0.0263. The zero-order valence-electron chi connectivity index (χ0n) is 22.3. The maximum Gasteiger partial charge on any atom is 0.230 e. The molecule has 2 aliphatic rings. The van der Waals surface area contributed by atoms with Crippen molar-refractivity contribution in [1.82, 2.24) is 19.6 Å². The van der Waals surface area contributed by atoms with Crippen LogP contribution in [-0.2, 0) is 6.54 Å². The van der Waals surface area contributed by atoms with E-state index >= 15 is 0 Å². The molecule has 4 heterocycles. The van der Waals surface area contributed by atoms with Crippen LogP contribution in [0.2, 0.25) is 5.02 Å². The van der Waals surface area contributed by atoms with Crippen LogP contribution in [0.25, 0.3) is 5.65 Å². The predicted octanol–water partition coefficient (Wildman–Crippen LogP) is 4.04. The fraction of sp³-hybridized carbons (Fsp3) is 0.593. The Kier molecular flexibility index (Phi) is 7.22. The van der Waals surface area contributed by atoms with Gasteiger partial charge in [-0.1, -0.05) is 31.5 Å². The Bertz CT molecular complexity index is 1250. The molecule has 4 N–H and O–H groups in total. The summed E-state index contributed by atoms with van der Waals surface area (Å²) in [5.41, 5.74) is 9.45. The van der Waals surface area contributed by atoms with Crippen molar-refractivity contribution in [2.75, 3.05) is 41.3 Å². The summed E-state index contributed by atoms with van der Waals surface area (Å²) in [6.45, 7) is 12.0. The Morgan fingerprint density at radius 3 is 2.54 bits per heavy atom. The van der Waals surface area contributed by atoms with E-state index < -0.39 is 5.60 Å². The Morgan fingerprint density at radius 2 is 1.86 bits per heavy atom. The van der Waals surface area contributed by atoms with Gasteiger partial charge in [-0.05, 0) is 51.2 Å². The topological polar surface area (TPSA) is 108 Å². The van der Waals surface area contributed by atoms with Gasteiger partial charge in [0.2, 0.25) is 11.9 Å². The van der Waals surface area contributed by atoms with E-state index in [2.05, 4.69) is 40.1 Å². The SMILES string of the molecule is CC(C)c1cnn2c(NCc3c(Cl)cccc3N3CCC(C(C)(C)O)C3)nc(N3CCC(N)CC3)nc12. The summed E-state index contributed by atoms with van der Waals surface area (Å²) in [5.74, 6) is 1.85. The number of nitrogens with two attached hydrogens (primary N) is 1. The molecule has 0 amide bonds. The molecule has 200 valence electrons. The summed E-state index contributed by atoms with van der Waals surface area (Å²) in [5, 5.41) is 19.4. The molecule has 1 unspecified atom stereocenters. The third-order valence-corrected chi connectivity index (χ3v) is 8.23. The first-order chi connectivity index (χ1) is 17.6. The highest BCUT2D eigenvalue weighted by atomic mass is 35.5. The number of nitrogens with one attached hydrogen (secondary N) is 1. The Balaban J connectivity index is 1.45. The van der Waals surface area contributed by atoms with E-state index in [1.54, 1.807) is 4.52 Å². The summed E-state index contributed by atoms with van der Waals surface area (Å²) in [6.07, 6.45) is 4.69. The highest BCUT2D eigenvalue weighted by molar-refractivity contribution is 6.31. The van der Waals surface area contributed by atoms with Crippen LogP contribution in [0.3, 0.4) is 0 Å². The van der Waals surface area contributed by atoms with Gasteiger partial charge >= 0.3 is 0 Å². The van der Waals surface area contributed by atoms with Gasteiger partial charge < -0.3 is 26.0 Å². The number of halogens is 1. The van der Waals surface area contributed by atoms with Gasteiger partial charge in [0.1, 0.15) is 0 Å². The fourth-order valence-corrected chi connectivity index (χ4v) is 5.62. The molecule has 2 saturated heterocycles. The lowest BCUT2D eigenvalue weighted by Gasteiger charge is -2.30. The van der Waals surface area contributed by atoms with Crippen molar-refractivity contribution >= 4 is 34.8 Å². The molecule has 2 aliphatic heterocycles. The third-order valence-electron chi connectivity index (χ3n) is 7.87. The van der Waals surface area contributed by atoms with Crippen LogP contribution in [-0.4, -0.2) is 62.5 Å². The van der Waals surface area contributed by atoms with Crippen molar-refractivity contribution in [1.29, 1.82) is 0 Å². The Hall–Kier alpha value is -2.62. The number of fused-ring (bicyclic) bond motifs is 1. The molecule has 5 rings (SSSR count). The molecule has 2 fully saturated rings. The minimum absolute atomic E-state index is 0.215. The van der Waals surface area contributed by atoms with Gasteiger partial charge in [-0.3, -0.25) is 0 Å². The molecule has 2 aromatic heterocycles. The van der Waals surface area contributed by atoms with Crippen molar-refractivity contribution in [3.63, 3.8) is 0 Å². The lowest BCUT2D eigenvalue weighted by atomic mass is 9.90. The van der Waals surface area contributed by atoms with Crippen molar-refractivity contribution in [2.24, 2.45) is 11.7 Å². The first-order valence-corrected chi connectivity index (χ1v) is 13.7. The Morgan fingerprint density at radius 1 is 1.14 bits per heavy atom. The van der Waals surface area contributed by atoms with Crippen molar-refractivity contribution in [2.45, 2.75) is 71.1 Å². The predicted molar refractivity (Wildman–Crippen MR) is 150 cm³/mol. The monoisotopic (exact) mass is 526 g/mol. The quantitative estimate of drug-likeness (QED) is 0.423. The highest BCUT2D eigenvalue weighted by Crippen LogP contribution is 2.35. The molecule has 1 atom stereocenters. The van der Waals surface area contributed by atoms with Gasteiger partial charge in [0.15, 0.2) is 5.65 Å². The van der Waals surface area contributed by atoms with E-state index in [1.165, 1.54) is 0 Å². The van der Waals surface area contributed by atoms with Crippen LogP contribution in [0.4, 0.5) is 17.6 Å². The van der Waals surface area contributed by atoms with Crippen molar-refractivity contribution < 1.29 is 5.11 Å². The summed E-state index contributed by atoms with van der Waals surface area (Å²) < 4.78 is 1.80. The van der Waals surface area contributed by atoms with E-state index in [9.17, 15) is 5.11 Å². The normalized spacial score (nSPS) is 19.4. The van der Waals surface area contributed by atoms with Crippen LogP contribution in [0.5, 0.6) is 0 Å². The zero-order chi connectivity index (χ0) is 26.3. The van der Waals surface area contributed by atoms with E-state index in [4.69, 9.17) is 27.3 Å². The summed E-state index contributed by atoms with van der Waals surface area (Å²) in [6, 6.07) is 6.26. The van der Waals surface area contributed by atoms with Crippen LogP contribution >= 0.6 is 11.6 Å². The lowest BCUT2D eigenvalue weighted by Crippen LogP contribution is -2.40. The summed E-state index contributed by atoms with van der Waals surface area (Å²) in [4.78, 5) is 14.4. The maximum absolute atomic E-state index is 10.5. The van der Waals surface area contributed by atoms with Gasteiger partial charge in [-0.25, -0.2) is 0 Å². The Labute approximate surface area is 224 Å². The third kappa shape index (κ3) is 5.35. The van der Waals surface area contributed by atoms with E-state index in [0.29, 0.717) is 23.5 Å². The summed E-state index contributed by atoms with van der Waals surface area (Å²) >= 11 is 6.74. The number of hydrogen-bond acceptors (Lipinski definition) is 8. The highest BCUT2D eigenvalue weighted by Gasteiger charge is 2.34. The second-order valence-corrected chi connectivity index (χ2v) is 11.7. The maximum atomic E-state index is 10.5. The number of hydrogen-bond donors (Lipinski definition) is 3. The van der Waals surface area contributed by atoms with Crippen molar-refractivity contribution in [3.05, 3.63) is 40.5 Å². The van der Waals surface area contributed by atoms with Gasteiger partial charge in [-0.2, -0.15) is 19.6 Å². The molecule has 0 aliphatic carbocycles. The van der Waals surface area contributed by atoms with E-state index in [-0.39, 0.29) is 17.9 Å². The van der Waals surface area contributed by atoms with Crippen LogP contribution in [0, 0.1) is 5.92 Å². The summed E-state index contributed by atoms with van der Waals surface area (Å²) in [7, 11) is 0. The molecule has 9 nitrogen and oxygen atoms in total. The number of anilines is 3. The van der Waals surface area contributed by atoms with Gasteiger partial charge in [0.25, 0.3) is 0 Å². The molecule has 0 bridgehead atoms. The second-order valence-electron chi connectivity index (χ2n) is 11.3. The average molecular weight is 527 g/mol. The molecule has 1 aromatic carbocycles. The first-order valence-electron chi connectivity index (χ1n) is 13.4. The number of aromatic nitrogens is 4. The number of benzene rings is 1. The zero-order valence-corrected chi connectivity index (χ0v) is 23.0. The molecule has 0 saturated carbocycles. The first kappa shape index (κ1) is 26.0. The minimum Gasteiger partial charge on any atom is -0.390 e. The molecule has 37 heavy (non-hydrogen) atoms. The number of piperidine rings is 1. The molecule has 0 radical (unpaired) electrons. The van der Waals surface area contributed by atoms with Crippen molar-refractivity contribution in [3.8, 4) is 0 Å². The van der Waals surface area contributed by atoms with Crippen LogP contribution < -0.4 is 20.9 Å². The number of nitrogens with zero attached hydrogens (tertiary/aromatic N) is 6. The molecular weight excluding hydrogens is 488 g/mol. The van der Waals surface area contributed by atoms with E-state index in [0.717, 1.165) is 67.9 Å². The number of rotatable bonds is 7. The molecule has 0 spiro atoms. The van der Waals surface area contributed by atoms with Gasteiger partial charge in [0.05, 0.1) is 11.8 Å². The molecule has 10 heteroatoms. The largest absolute Gasteiger partial charge is 0.390 e. The molecule has 3 aromatic rings. The fourth-order valence-electron chi connectivity index (χ4n) is 5.39.